The second-order valence-electron chi connectivity index (χ2n) is 6.05. The maximum atomic E-state index is 12.4. The van der Waals surface area contributed by atoms with Crippen LogP contribution in [0.4, 0.5) is 0 Å². The summed E-state index contributed by atoms with van der Waals surface area (Å²) in [4.78, 5) is 27.1. The fraction of sp³-hybridized carbons (Fsp3) is 0.200. The van der Waals surface area contributed by atoms with E-state index < -0.39 is 0 Å². The lowest BCUT2D eigenvalue weighted by Crippen LogP contribution is -2.24. The number of ketones is 1. The van der Waals surface area contributed by atoms with Crippen LogP contribution in [0.3, 0.4) is 0 Å². The minimum atomic E-state index is -0.198. The van der Waals surface area contributed by atoms with Crippen LogP contribution in [0.25, 0.3) is 10.8 Å². The third-order valence-corrected chi connectivity index (χ3v) is 4.28. The molecule has 122 valence electrons. The molecule has 0 unspecified atom stereocenters. The fourth-order valence-corrected chi connectivity index (χ4v) is 3.12. The topological polar surface area (TPSA) is 62.0 Å². The van der Waals surface area contributed by atoms with Crippen LogP contribution in [0.2, 0.25) is 0 Å². The Balaban J connectivity index is 1.77. The molecule has 3 aromatic rings. The Hall–Kier alpha value is -2.88. The lowest BCUT2D eigenvalue weighted by Gasteiger charge is -2.07. The van der Waals surface area contributed by atoms with Crippen molar-refractivity contribution in [2.24, 2.45) is 0 Å². The van der Waals surface area contributed by atoms with E-state index in [4.69, 9.17) is 0 Å². The molecule has 4 nitrogen and oxygen atoms in total. The molecule has 0 spiro atoms. The van der Waals surface area contributed by atoms with Crippen LogP contribution in [0, 0.1) is 13.8 Å². The largest absolute Gasteiger partial charge is 0.354 e. The summed E-state index contributed by atoms with van der Waals surface area (Å²) in [6.45, 7) is 5.56. The van der Waals surface area contributed by atoms with Crippen LogP contribution >= 0.6 is 0 Å². The summed E-state index contributed by atoms with van der Waals surface area (Å²) in [7, 11) is 0. The Bertz CT molecular complexity index is 938. The van der Waals surface area contributed by atoms with E-state index in [-0.39, 0.29) is 11.7 Å². The number of nitrogens with one attached hydrogen (secondary N) is 2. The second-order valence-corrected chi connectivity index (χ2v) is 6.05. The molecule has 4 heteroatoms. The number of aromatic nitrogens is 1. The predicted octanol–water partition coefficient (Wildman–Crippen LogP) is 3.92. The highest BCUT2D eigenvalue weighted by Gasteiger charge is 2.19. The molecule has 0 aliphatic rings. The number of hydrogen-bond donors (Lipinski definition) is 2. The van der Waals surface area contributed by atoms with E-state index in [9.17, 15) is 9.59 Å². The molecular weight excluding hydrogens is 300 g/mol. The van der Waals surface area contributed by atoms with Gasteiger partial charge in [0, 0.05) is 17.8 Å². The molecule has 24 heavy (non-hydrogen) atoms. The molecule has 3 rings (SSSR count). The number of amides is 1. The molecule has 1 aromatic heterocycles. The number of carbonyl (C=O) groups is 2. The van der Waals surface area contributed by atoms with Gasteiger partial charge in [-0.2, -0.15) is 0 Å². The molecule has 1 heterocycles. The Labute approximate surface area is 140 Å². The molecule has 1 amide bonds. The first-order valence-electron chi connectivity index (χ1n) is 7.93. The maximum Gasteiger partial charge on any atom is 0.268 e. The van der Waals surface area contributed by atoms with Crippen molar-refractivity contribution < 1.29 is 9.59 Å². The van der Waals surface area contributed by atoms with Gasteiger partial charge in [0.25, 0.3) is 5.91 Å². The summed E-state index contributed by atoms with van der Waals surface area (Å²) < 4.78 is 0. The van der Waals surface area contributed by atoms with E-state index in [0.29, 0.717) is 23.4 Å². The van der Waals surface area contributed by atoms with E-state index >= 15 is 0 Å². The minimum Gasteiger partial charge on any atom is -0.354 e. The molecule has 0 aliphatic heterocycles. The van der Waals surface area contributed by atoms with Gasteiger partial charge in [-0.1, -0.05) is 36.4 Å². The van der Waals surface area contributed by atoms with E-state index in [1.54, 1.807) is 6.92 Å². The molecule has 0 radical (unpaired) electrons. The van der Waals surface area contributed by atoms with E-state index in [0.717, 1.165) is 16.6 Å². The molecule has 2 N–H and O–H groups in total. The molecule has 0 fully saturated rings. The second kappa shape index (κ2) is 6.32. The number of carbonyl (C=O) groups excluding carboxylic acids is 2. The highest BCUT2D eigenvalue weighted by Crippen LogP contribution is 2.19. The quantitative estimate of drug-likeness (QED) is 0.716. The first-order chi connectivity index (χ1) is 11.5. The molecule has 0 saturated heterocycles. The van der Waals surface area contributed by atoms with Gasteiger partial charge in [0.15, 0.2) is 5.78 Å². The van der Waals surface area contributed by atoms with Gasteiger partial charge in [-0.25, -0.2) is 0 Å². The van der Waals surface area contributed by atoms with Crippen molar-refractivity contribution in [1.29, 1.82) is 0 Å². The molecular formula is C20H20N2O2. The maximum absolute atomic E-state index is 12.4. The Kier molecular flexibility index (Phi) is 4.21. The van der Waals surface area contributed by atoms with Gasteiger partial charge in [0.1, 0.15) is 5.69 Å². The zero-order valence-electron chi connectivity index (χ0n) is 14.1. The smallest absolute Gasteiger partial charge is 0.268 e. The summed E-state index contributed by atoms with van der Waals surface area (Å²) in [5, 5.41) is 5.24. The lowest BCUT2D eigenvalue weighted by molar-refractivity contribution is 0.0945. The van der Waals surface area contributed by atoms with Gasteiger partial charge in [0.2, 0.25) is 0 Å². The number of aromatic amines is 1. The zero-order valence-corrected chi connectivity index (χ0v) is 14.1. The molecule has 0 bridgehead atoms. The Morgan fingerprint density at radius 3 is 2.42 bits per heavy atom. The van der Waals surface area contributed by atoms with Crippen molar-refractivity contribution in [2.45, 2.75) is 27.3 Å². The molecule has 0 atom stereocenters. The van der Waals surface area contributed by atoms with Crippen LogP contribution in [0.5, 0.6) is 0 Å². The van der Waals surface area contributed by atoms with Crippen molar-refractivity contribution in [3.8, 4) is 0 Å². The number of Topliss-reactive ketones (excluding diaryl/α,β-unsaturated/α-hetero) is 1. The van der Waals surface area contributed by atoms with E-state index in [2.05, 4.69) is 34.6 Å². The highest BCUT2D eigenvalue weighted by atomic mass is 16.2. The van der Waals surface area contributed by atoms with Crippen molar-refractivity contribution >= 4 is 22.5 Å². The first-order valence-corrected chi connectivity index (χ1v) is 7.93. The summed E-state index contributed by atoms with van der Waals surface area (Å²) in [5.74, 6) is -0.230. The average Bonchev–Trinajstić information content (AvgIpc) is 2.87. The van der Waals surface area contributed by atoms with Crippen molar-refractivity contribution in [3.63, 3.8) is 0 Å². The molecule has 0 saturated carbocycles. The van der Waals surface area contributed by atoms with Crippen LogP contribution in [-0.4, -0.2) is 16.7 Å². The van der Waals surface area contributed by atoms with Crippen LogP contribution in [-0.2, 0) is 6.54 Å². The highest BCUT2D eigenvalue weighted by molar-refractivity contribution is 6.02. The summed E-state index contributed by atoms with van der Waals surface area (Å²) >= 11 is 0. The van der Waals surface area contributed by atoms with Gasteiger partial charge in [-0.15, -0.1) is 0 Å². The lowest BCUT2D eigenvalue weighted by atomic mass is 10.1. The van der Waals surface area contributed by atoms with Gasteiger partial charge in [-0.3, -0.25) is 9.59 Å². The third-order valence-electron chi connectivity index (χ3n) is 4.28. The van der Waals surface area contributed by atoms with Crippen molar-refractivity contribution in [2.75, 3.05) is 0 Å². The average molecular weight is 320 g/mol. The zero-order chi connectivity index (χ0) is 17.3. The number of aryl methyl sites for hydroxylation is 1. The number of fused-ring (bicyclic) bond motifs is 1. The van der Waals surface area contributed by atoms with Gasteiger partial charge in [-0.05, 0) is 48.7 Å². The number of rotatable bonds is 4. The van der Waals surface area contributed by atoms with E-state index in [1.807, 2.05) is 25.1 Å². The monoisotopic (exact) mass is 320 g/mol. The Morgan fingerprint density at radius 2 is 1.75 bits per heavy atom. The predicted molar refractivity (Wildman–Crippen MR) is 95.4 cm³/mol. The summed E-state index contributed by atoms with van der Waals surface area (Å²) in [5.41, 5.74) is 3.53. The Morgan fingerprint density at radius 1 is 1.04 bits per heavy atom. The van der Waals surface area contributed by atoms with Crippen LogP contribution in [0.1, 0.15) is 44.6 Å². The summed E-state index contributed by atoms with van der Waals surface area (Å²) in [6.07, 6.45) is 0. The van der Waals surface area contributed by atoms with Crippen LogP contribution < -0.4 is 5.32 Å². The summed E-state index contributed by atoms with van der Waals surface area (Å²) in [6, 6.07) is 14.3. The standard InChI is InChI=1S/C20H20N2O2/c1-12-18(14(3)23)13(2)22-19(12)20(24)21-11-15-8-9-16-6-4-5-7-17(16)10-15/h4-10,22H,11H2,1-3H3,(H,21,24). The number of H-pyrrole nitrogens is 1. The number of hydrogen-bond acceptors (Lipinski definition) is 2. The van der Waals surface area contributed by atoms with Crippen molar-refractivity contribution in [1.82, 2.24) is 10.3 Å². The van der Waals surface area contributed by atoms with Gasteiger partial charge in [0.05, 0.1) is 0 Å². The molecule has 2 aromatic carbocycles. The van der Waals surface area contributed by atoms with E-state index in [1.165, 1.54) is 12.3 Å². The molecule has 0 aliphatic carbocycles. The minimum absolute atomic E-state index is 0.0326. The normalized spacial score (nSPS) is 10.8. The third kappa shape index (κ3) is 2.95. The van der Waals surface area contributed by atoms with Crippen molar-refractivity contribution in [3.05, 3.63) is 70.5 Å². The van der Waals surface area contributed by atoms with Gasteiger partial charge < -0.3 is 10.3 Å². The van der Waals surface area contributed by atoms with Crippen LogP contribution in [0.15, 0.2) is 42.5 Å². The van der Waals surface area contributed by atoms with Gasteiger partial charge >= 0.3 is 0 Å². The number of benzene rings is 2. The first kappa shape index (κ1) is 16.0. The fourth-order valence-electron chi connectivity index (χ4n) is 3.12. The SMILES string of the molecule is CC(=O)c1c(C)[nH]c(C(=O)NCc2ccc3ccccc3c2)c1C.